The number of halogens is 1. The molecule has 14 heavy (non-hydrogen) atoms. The third-order valence-corrected chi connectivity index (χ3v) is 2.34. The van der Waals surface area contributed by atoms with Gasteiger partial charge in [0.05, 0.1) is 6.33 Å². The molecule has 5 heteroatoms. The second kappa shape index (κ2) is 5.00. The van der Waals surface area contributed by atoms with E-state index in [2.05, 4.69) is 10.3 Å². The molecule has 78 valence electrons. The number of hydrogen-bond donors (Lipinski definition) is 1. The maximum absolute atomic E-state index is 11.4. The van der Waals surface area contributed by atoms with Gasteiger partial charge in [0, 0.05) is 25.7 Å². The van der Waals surface area contributed by atoms with Crippen LogP contribution in [0.25, 0.3) is 0 Å². The number of alkyl halides is 1. The molecule has 1 atom stereocenters. The number of nitrogens with one attached hydrogen (secondary N) is 1. The Morgan fingerprint density at radius 3 is 3.00 bits per heavy atom. The average Bonchev–Trinajstić information content (AvgIpc) is 2.60. The van der Waals surface area contributed by atoms with Crippen LogP contribution in [0.3, 0.4) is 0 Å². The molecule has 0 radical (unpaired) electrons. The number of carbonyl (C=O) groups is 1. The Balaban J connectivity index is 2.43. The zero-order chi connectivity index (χ0) is 10.6. The summed E-state index contributed by atoms with van der Waals surface area (Å²) in [6.07, 6.45) is 3.28. The smallest absolute Gasteiger partial charge is 0.271 e. The van der Waals surface area contributed by atoms with Crippen LogP contribution in [-0.2, 0) is 7.05 Å². The fraction of sp³-hybridized carbons (Fsp3) is 0.556. The third-order valence-electron chi connectivity index (χ3n) is 1.81. The highest BCUT2D eigenvalue weighted by molar-refractivity contribution is 6.18. The van der Waals surface area contributed by atoms with Gasteiger partial charge in [0.15, 0.2) is 0 Å². The second-order valence-electron chi connectivity index (χ2n) is 3.39. The minimum Gasteiger partial charge on any atom is -0.350 e. The highest BCUT2D eigenvalue weighted by Gasteiger charge is 2.09. The lowest BCUT2D eigenvalue weighted by Gasteiger charge is -2.07. The predicted octanol–water partition coefficient (Wildman–Crippen LogP) is 1.02. The van der Waals surface area contributed by atoms with Crippen molar-refractivity contribution in [2.45, 2.75) is 6.92 Å². The van der Waals surface area contributed by atoms with E-state index in [1.54, 1.807) is 17.1 Å². The standard InChI is InChI=1S/C9H14ClN3O/c1-7(3-10)4-11-9(14)8-5-13(2)6-12-8/h5-7H,3-4H2,1-2H3,(H,11,14). The van der Waals surface area contributed by atoms with Crippen LogP contribution in [0.5, 0.6) is 0 Å². The molecule has 0 saturated carbocycles. The first-order valence-corrected chi connectivity index (χ1v) is 4.99. The van der Waals surface area contributed by atoms with Crippen molar-refractivity contribution in [3.8, 4) is 0 Å². The highest BCUT2D eigenvalue weighted by Crippen LogP contribution is 1.97. The van der Waals surface area contributed by atoms with Crippen molar-refractivity contribution in [2.75, 3.05) is 12.4 Å². The summed E-state index contributed by atoms with van der Waals surface area (Å²) < 4.78 is 1.74. The van der Waals surface area contributed by atoms with Crippen LogP contribution in [0.4, 0.5) is 0 Å². The second-order valence-corrected chi connectivity index (χ2v) is 3.70. The summed E-state index contributed by atoms with van der Waals surface area (Å²) in [4.78, 5) is 15.4. The molecule has 1 unspecified atom stereocenters. The SMILES string of the molecule is CC(CCl)CNC(=O)c1cn(C)cn1. The predicted molar refractivity (Wildman–Crippen MR) is 55.4 cm³/mol. The van der Waals surface area contributed by atoms with Gasteiger partial charge in [-0.2, -0.15) is 0 Å². The normalized spacial score (nSPS) is 12.5. The fourth-order valence-electron chi connectivity index (χ4n) is 0.942. The largest absolute Gasteiger partial charge is 0.350 e. The molecule has 0 spiro atoms. The topological polar surface area (TPSA) is 46.9 Å². The van der Waals surface area contributed by atoms with E-state index in [-0.39, 0.29) is 11.8 Å². The number of imidazole rings is 1. The molecule has 0 aliphatic rings. The Hall–Kier alpha value is -1.03. The molecule has 0 fully saturated rings. The first-order chi connectivity index (χ1) is 6.63. The van der Waals surface area contributed by atoms with Gasteiger partial charge in [-0.05, 0) is 5.92 Å². The van der Waals surface area contributed by atoms with E-state index in [1.165, 1.54) is 0 Å². The van der Waals surface area contributed by atoms with Gasteiger partial charge >= 0.3 is 0 Å². The molecule has 1 amide bonds. The minimum absolute atomic E-state index is 0.150. The molecular weight excluding hydrogens is 202 g/mol. The summed E-state index contributed by atoms with van der Waals surface area (Å²) in [5, 5.41) is 2.76. The summed E-state index contributed by atoms with van der Waals surface area (Å²) in [5.41, 5.74) is 0.439. The molecule has 1 rings (SSSR count). The molecule has 1 heterocycles. The number of hydrogen-bond acceptors (Lipinski definition) is 2. The van der Waals surface area contributed by atoms with Gasteiger partial charge < -0.3 is 9.88 Å². The van der Waals surface area contributed by atoms with Gasteiger partial charge in [0.25, 0.3) is 5.91 Å². The van der Waals surface area contributed by atoms with Crippen LogP contribution in [0.2, 0.25) is 0 Å². The van der Waals surface area contributed by atoms with Crippen LogP contribution in [0.15, 0.2) is 12.5 Å². The summed E-state index contributed by atoms with van der Waals surface area (Å²) in [6, 6.07) is 0. The van der Waals surface area contributed by atoms with Gasteiger partial charge in [-0.1, -0.05) is 6.92 Å². The lowest BCUT2D eigenvalue weighted by molar-refractivity contribution is 0.0944. The molecular formula is C9H14ClN3O. The van der Waals surface area contributed by atoms with Crippen LogP contribution < -0.4 is 5.32 Å². The van der Waals surface area contributed by atoms with Crippen molar-refractivity contribution in [2.24, 2.45) is 13.0 Å². The molecule has 1 aromatic rings. The van der Waals surface area contributed by atoms with Crippen molar-refractivity contribution in [1.29, 1.82) is 0 Å². The number of nitrogens with zero attached hydrogens (tertiary/aromatic N) is 2. The molecule has 1 aromatic heterocycles. The average molecular weight is 216 g/mol. The molecule has 0 aliphatic carbocycles. The number of rotatable bonds is 4. The van der Waals surface area contributed by atoms with E-state index in [1.807, 2.05) is 14.0 Å². The van der Waals surface area contributed by atoms with E-state index >= 15 is 0 Å². The summed E-state index contributed by atoms with van der Waals surface area (Å²) >= 11 is 5.61. The first kappa shape index (κ1) is 11.0. The molecule has 1 N–H and O–H groups in total. The van der Waals surface area contributed by atoms with Crippen molar-refractivity contribution >= 4 is 17.5 Å². The zero-order valence-electron chi connectivity index (χ0n) is 8.33. The highest BCUT2D eigenvalue weighted by atomic mass is 35.5. The van der Waals surface area contributed by atoms with Crippen molar-refractivity contribution in [3.63, 3.8) is 0 Å². The van der Waals surface area contributed by atoms with Crippen molar-refractivity contribution in [3.05, 3.63) is 18.2 Å². The monoisotopic (exact) mass is 215 g/mol. The Labute approximate surface area is 88.3 Å². The fourth-order valence-corrected chi connectivity index (χ4v) is 1.05. The Bertz CT molecular complexity index is 311. The Morgan fingerprint density at radius 1 is 1.79 bits per heavy atom. The molecule has 0 bridgehead atoms. The zero-order valence-corrected chi connectivity index (χ0v) is 9.08. The van der Waals surface area contributed by atoms with Gasteiger partial charge in [-0.3, -0.25) is 4.79 Å². The van der Waals surface area contributed by atoms with Gasteiger partial charge in [-0.25, -0.2) is 4.98 Å². The van der Waals surface area contributed by atoms with Crippen LogP contribution in [0, 0.1) is 5.92 Å². The number of aromatic nitrogens is 2. The summed E-state index contributed by atoms with van der Waals surface area (Å²) in [5.74, 6) is 0.676. The van der Waals surface area contributed by atoms with Gasteiger partial charge in [0.2, 0.25) is 0 Å². The number of amides is 1. The van der Waals surface area contributed by atoms with Crippen LogP contribution in [0.1, 0.15) is 17.4 Å². The summed E-state index contributed by atoms with van der Waals surface area (Å²) in [7, 11) is 1.82. The van der Waals surface area contributed by atoms with Crippen molar-refractivity contribution < 1.29 is 4.79 Å². The lowest BCUT2D eigenvalue weighted by Crippen LogP contribution is -2.29. The molecule has 4 nitrogen and oxygen atoms in total. The van der Waals surface area contributed by atoms with Gasteiger partial charge in [-0.15, -0.1) is 11.6 Å². The van der Waals surface area contributed by atoms with E-state index in [0.29, 0.717) is 18.1 Å². The maximum Gasteiger partial charge on any atom is 0.271 e. The summed E-state index contributed by atoms with van der Waals surface area (Å²) in [6.45, 7) is 2.56. The Kier molecular flexibility index (Phi) is 3.95. The van der Waals surface area contributed by atoms with E-state index in [9.17, 15) is 4.79 Å². The van der Waals surface area contributed by atoms with Gasteiger partial charge in [0.1, 0.15) is 5.69 Å². The number of carbonyl (C=O) groups excluding carboxylic acids is 1. The molecule has 0 aromatic carbocycles. The van der Waals surface area contributed by atoms with Crippen molar-refractivity contribution in [1.82, 2.24) is 14.9 Å². The Morgan fingerprint density at radius 2 is 2.50 bits per heavy atom. The van der Waals surface area contributed by atoms with Crippen LogP contribution in [-0.4, -0.2) is 27.9 Å². The van der Waals surface area contributed by atoms with E-state index in [0.717, 1.165) is 0 Å². The van der Waals surface area contributed by atoms with E-state index in [4.69, 9.17) is 11.6 Å². The minimum atomic E-state index is -0.150. The number of aryl methyl sites for hydroxylation is 1. The molecule has 0 aliphatic heterocycles. The van der Waals surface area contributed by atoms with E-state index < -0.39 is 0 Å². The quantitative estimate of drug-likeness (QED) is 0.763. The lowest BCUT2D eigenvalue weighted by atomic mass is 10.2. The third kappa shape index (κ3) is 3.03. The maximum atomic E-state index is 11.4. The van der Waals surface area contributed by atoms with Crippen LogP contribution >= 0.6 is 11.6 Å². The first-order valence-electron chi connectivity index (χ1n) is 4.45. The molecule has 0 saturated heterocycles.